The fraction of sp³-hybridized carbons (Fsp3) is 0.333. The van der Waals surface area contributed by atoms with E-state index in [4.69, 9.17) is 16.3 Å². The quantitative estimate of drug-likeness (QED) is 0.408. The number of likely N-dealkylation sites (tertiary alicyclic amines) is 1. The summed E-state index contributed by atoms with van der Waals surface area (Å²) in [6, 6.07) is 14.5. The van der Waals surface area contributed by atoms with Crippen LogP contribution in [0.3, 0.4) is 0 Å². The van der Waals surface area contributed by atoms with Crippen molar-refractivity contribution in [2.45, 2.75) is 38.3 Å². The van der Waals surface area contributed by atoms with Gasteiger partial charge in [-0.15, -0.1) is 0 Å². The number of hydrogen-bond donors (Lipinski definition) is 2. The Kier molecular flexibility index (Phi) is 4.98. The molecule has 1 aliphatic heterocycles. The Hall–Kier alpha value is -2.43. The van der Waals surface area contributed by atoms with Gasteiger partial charge in [-0.1, -0.05) is 36.7 Å². The van der Waals surface area contributed by atoms with E-state index in [-0.39, 0.29) is 6.23 Å². The molecule has 3 heterocycles. The van der Waals surface area contributed by atoms with Gasteiger partial charge in [-0.05, 0) is 55.0 Å². The molecule has 150 valence electrons. The highest BCUT2D eigenvalue weighted by molar-refractivity contribution is 6.35. The van der Waals surface area contributed by atoms with Crippen LogP contribution >= 0.6 is 11.6 Å². The van der Waals surface area contributed by atoms with E-state index in [0.29, 0.717) is 5.92 Å². The summed E-state index contributed by atoms with van der Waals surface area (Å²) in [5.41, 5.74) is 3.57. The lowest BCUT2D eigenvalue weighted by Gasteiger charge is -2.37. The Labute approximate surface area is 175 Å². The number of halogens is 1. The molecule has 0 bridgehead atoms. The summed E-state index contributed by atoms with van der Waals surface area (Å²) in [7, 11) is 0. The Morgan fingerprint density at radius 3 is 2.72 bits per heavy atom. The van der Waals surface area contributed by atoms with Crippen molar-refractivity contribution >= 4 is 33.4 Å². The Balaban J connectivity index is 1.30. The number of hydrogen-bond acceptors (Lipinski definition) is 2. The second-order valence-electron chi connectivity index (χ2n) is 7.89. The Morgan fingerprint density at radius 1 is 1.07 bits per heavy atom. The molecule has 2 aromatic heterocycles. The molecule has 1 atom stereocenters. The second kappa shape index (κ2) is 7.77. The number of H-pyrrole nitrogens is 2. The van der Waals surface area contributed by atoms with Crippen molar-refractivity contribution in [1.29, 1.82) is 0 Å². The lowest BCUT2D eigenvalue weighted by molar-refractivity contribution is 0.00726. The molecule has 29 heavy (non-hydrogen) atoms. The summed E-state index contributed by atoms with van der Waals surface area (Å²) in [6.07, 6.45) is 7.46. The number of fused-ring (bicyclic) bond motifs is 2. The van der Waals surface area contributed by atoms with E-state index in [2.05, 4.69) is 58.3 Å². The van der Waals surface area contributed by atoms with E-state index in [1.54, 1.807) is 0 Å². The topological polar surface area (TPSA) is 44.0 Å². The van der Waals surface area contributed by atoms with Crippen molar-refractivity contribution in [1.82, 2.24) is 14.9 Å². The van der Waals surface area contributed by atoms with E-state index in [9.17, 15) is 0 Å². The van der Waals surface area contributed by atoms with E-state index < -0.39 is 0 Å². The third kappa shape index (κ3) is 3.41. The average molecular weight is 408 g/mol. The van der Waals surface area contributed by atoms with Crippen molar-refractivity contribution in [2.75, 3.05) is 13.1 Å². The van der Waals surface area contributed by atoms with Gasteiger partial charge in [0.2, 0.25) is 0 Å². The summed E-state index contributed by atoms with van der Waals surface area (Å²) < 4.78 is 6.47. The van der Waals surface area contributed by atoms with Gasteiger partial charge >= 0.3 is 0 Å². The van der Waals surface area contributed by atoms with E-state index in [1.807, 2.05) is 18.3 Å². The van der Waals surface area contributed by atoms with E-state index in [0.717, 1.165) is 59.5 Å². The van der Waals surface area contributed by atoms with E-state index in [1.165, 1.54) is 10.9 Å². The fourth-order valence-electron chi connectivity index (χ4n) is 4.70. The SMILES string of the molecule is CCC(Oc1cccc2[nH]ccc12)N1CCC(c2c[nH]c3c(Cl)cccc23)CC1. The summed E-state index contributed by atoms with van der Waals surface area (Å²) in [5.74, 6) is 1.52. The van der Waals surface area contributed by atoms with Crippen molar-refractivity contribution < 1.29 is 4.74 Å². The number of benzene rings is 2. The number of para-hydroxylation sites is 1. The molecule has 5 heteroatoms. The van der Waals surface area contributed by atoms with Gasteiger partial charge in [0, 0.05) is 41.8 Å². The number of aromatic amines is 2. The standard InChI is InChI=1S/C24H26ClN3O/c1-2-23(29-22-8-4-7-21-18(22)9-12-26-21)28-13-10-16(11-14-28)19-15-27-24-17(19)5-3-6-20(24)25/h3-9,12,15-16,23,26-27H,2,10-11,13-14H2,1H3. The Morgan fingerprint density at radius 2 is 1.90 bits per heavy atom. The summed E-state index contributed by atoms with van der Waals surface area (Å²) in [6.45, 7) is 4.29. The van der Waals surface area contributed by atoms with Gasteiger partial charge in [0.1, 0.15) is 5.75 Å². The van der Waals surface area contributed by atoms with Crippen molar-refractivity contribution in [3.05, 3.63) is 65.4 Å². The Bertz CT molecular complexity index is 1120. The van der Waals surface area contributed by atoms with Gasteiger partial charge in [-0.3, -0.25) is 4.90 Å². The average Bonchev–Trinajstić information content (AvgIpc) is 3.40. The van der Waals surface area contributed by atoms with E-state index >= 15 is 0 Å². The van der Waals surface area contributed by atoms with Gasteiger partial charge in [0.05, 0.1) is 10.5 Å². The van der Waals surface area contributed by atoms with Crippen LogP contribution in [-0.4, -0.2) is 34.2 Å². The van der Waals surface area contributed by atoms with Gasteiger partial charge < -0.3 is 14.7 Å². The first kappa shape index (κ1) is 18.6. The molecule has 4 aromatic rings. The normalized spacial score (nSPS) is 17.2. The lowest BCUT2D eigenvalue weighted by Crippen LogP contribution is -2.43. The monoisotopic (exact) mass is 407 g/mol. The molecule has 1 saturated heterocycles. The number of nitrogens with one attached hydrogen (secondary N) is 2. The molecule has 0 amide bonds. The predicted octanol–water partition coefficient (Wildman–Crippen LogP) is 6.30. The minimum atomic E-state index is 0.105. The first-order chi connectivity index (χ1) is 14.2. The smallest absolute Gasteiger partial charge is 0.152 e. The number of rotatable bonds is 5. The molecule has 5 rings (SSSR count). The van der Waals surface area contributed by atoms with Crippen molar-refractivity contribution in [3.8, 4) is 5.75 Å². The first-order valence-corrected chi connectivity index (χ1v) is 10.8. The molecular formula is C24H26ClN3O. The van der Waals surface area contributed by atoms with Gasteiger partial charge in [-0.25, -0.2) is 0 Å². The second-order valence-corrected chi connectivity index (χ2v) is 8.30. The third-order valence-corrected chi connectivity index (χ3v) is 6.56. The first-order valence-electron chi connectivity index (χ1n) is 10.5. The molecular weight excluding hydrogens is 382 g/mol. The van der Waals surface area contributed by atoms with Gasteiger partial charge in [0.15, 0.2) is 6.23 Å². The molecule has 0 aliphatic carbocycles. The van der Waals surface area contributed by atoms with Crippen LogP contribution in [0.25, 0.3) is 21.8 Å². The lowest BCUT2D eigenvalue weighted by atomic mass is 9.89. The summed E-state index contributed by atoms with van der Waals surface area (Å²) >= 11 is 6.34. The van der Waals surface area contributed by atoms with Crippen LogP contribution in [0.1, 0.15) is 37.7 Å². The highest BCUT2D eigenvalue weighted by atomic mass is 35.5. The van der Waals surface area contributed by atoms with Gasteiger partial charge in [-0.2, -0.15) is 0 Å². The van der Waals surface area contributed by atoms with Crippen LogP contribution < -0.4 is 4.74 Å². The largest absolute Gasteiger partial charge is 0.474 e. The molecule has 0 spiro atoms. The highest BCUT2D eigenvalue weighted by Gasteiger charge is 2.27. The zero-order chi connectivity index (χ0) is 19.8. The molecule has 2 aromatic carbocycles. The number of nitrogens with zero attached hydrogens (tertiary/aromatic N) is 1. The maximum absolute atomic E-state index is 6.47. The highest BCUT2D eigenvalue weighted by Crippen LogP contribution is 2.36. The fourth-order valence-corrected chi connectivity index (χ4v) is 4.93. The predicted molar refractivity (Wildman–Crippen MR) is 120 cm³/mol. The summed E-state index contributed by atoms with van der Waals surface area (Å²) in [4.78, 5) is 9.13. The maximum atomic E-state index is 6.47. The van der Waals surface area contributed by atoms with Crippen LogP contribution in [0.5, 0.6) is 5.75 Å². The van der Waals surface area contributed by atoms with Crippen LogP contribution in [-0.2, 0) is 0 Å². The minimum absolute atomic E-state index is 0.105. The number of aromatic nitrogens is 2. The summed E-state index contributed by atoms with van der Waals surface area (Å²) in [5, 5.41) is 3.21. The molecule has 0 saturated carbocycles. The molecule has 4 nitrogen and oxygen atoms in total. The minimum Gasteiger partial charge on any atom is -0.474 e. The maximum Gasteiger partial charge on any atom is 0.152 e. The zero-order valence-electron chi connectivity index (χ0n) is 16.6. The van der Waals surface area contributed by atoms with Crippen LogP contribution in [0.2, 0.25) is 5.02 Å². The molecule has 1 aliphatic rings. The molecule has 0 radical (unpaired) electrons. The van der Waals surface area contributed by atoms with Crippen LogP contribution in [0.4, 0.5) is 0 Å². The van der Waals surface area contributed by atoms with Crippen molar-refractivity contribution in [3.63, 3.8) is 0 Å². The van der Waals surface area contributed by atoms with Crippen molar-refractivity contribution in [2.24, 2.45) is 0 Å². The molecule has 1 unspecified atom stereocenters. The third-order valence-electron chi connectivity index (χ3n) is 6.24. The number of ether oxygens (including phenoxy) is 1. The van der Waals surface area contributed by atoms with Gasteiger partial charge in [0.25, 0.3) is 0 Å². The molecule has 1 fully saturated rings. The number of piperidine rings is 1. The zero-order valence-corrected chi connectivity index (χ0v) is 17.4. The molecule has 2 N–H and O–H groups in total. The van der Waals surface area contributed by atoms with Crippen LogP contribution in [0.15, 0.2) is 54.9 Å². The van der Waals surface area contributed by atoms with Crippen LogP contribution in [0, 0.1) is 0 Å².